The van der Waals surface area contributed by atoms with Crippen molar-refractivity contribution < 1.29 is 9.72 Å². The highest BCUT2D eigenvalue weighted by Crippen LogP contribution is 2.16. The molecule has 0 unspecified atom stereocenters. The predicted molar refractivity (Wildman–Crippen MR) is 127 cm³/mol. The fourth-order valence-corrected chi connectivity index (χ4v) is 3.51. The Balaban J connectivity index is 1.39. The van der Waals surface area contributed by atoms with Crippen LogP contribution >= 0.6 is 11.6 Å². The van der Waals surface area contributed by atoms with Crippen molar-refractivity contribution in [3.05, 3.63) is 104 Å². The zero-order valence-electron chi connectivity index (χ0n) is 17.8. The number of nitrogens with zero attached hydrogens (tertiary/aromatic N) is 5. The van der Waals surface area contributed by atoms with Crippen molar-refractivity contribution in [3.8, 4) is 0 Å². The van der Waals surface area contributed by atoms with Crippen LogP contribution in [-0.2, 0) is 17.9 Å². The molecule has 2 aromatic carbocycles. The van der Waals surface area contributed by atoms with E-state index in [4.69, 9.17) is 11.6 Å². The molecule has 1 N–H and O–H groups in total. The zero-order valence-corrected chi connectivity index (χ0v) is 18.6. The van der Waals surface area contributed by atoms with Crippen molar-refractivity contribution in [2.24, 2.45) is 0 Å². The maximum absolute atomic E-state index is 12.8. The molecule has 0 spiro atoms. The maximum Gasteiger partial charge on any atom is 0.269 e. The van der Waals surface area contributed by atoms with E-state index in [1.165, 1.54) is 35.3 Å². The number of hydrogen-bond acceptors (Lipinski definition) is 6. The Morgan fingerprint density at radius 1 is 1.18 bits per heavy atom. The van der Waals surface area contributed by atoms with Crippen molar-refractivity contribution in [1.29, 1.82) is 0 Å². The minimum atomic E-state index is -0.477. The van der Waals surface area contributed by atoms with Crippen LogP contribution in [0.25, 0.3) is 17.1 Å². The highest BCUT2D eigenvalue weighted by molar-refractivity contribution is 6.32. The van der Waals surface area contributed by atoms with Gasteiger partial charge >= 0.3 is 0 Å². The van der Waals surface area contributed by atoms with Crippen LogP contribution in [0.5, 0.6) is 0 Å². The number of benzene rings is 2. The number of nitro groups is 1. The van der Waals surface area contributed by atoms with Gasteiger partial charge in [0, 0.05) is 29.8 Å². The van der Waals surface area contributed by atoms with Crippen LogP contribution < -0.4 is 10.9 Å². The first-order chi connectivity index (χ1) is 16.4. The molecule has 0 aliphatic carbocycles. The van der Waals surface area contributed by atoms with E-state index < -0.39 is 4.92 Å². The summed E-state index contributed by atoms with van der Waals surface area (Å²) < 4.78 is 2.96. The summed E-state index contributed by atoms with van der Waals surface area (Å²) in [7, 11) is 0. The first kappa shape index (κ1) is 22.9. The third-order valence-electron chi connectivity index (χ3n) is 5.06. The summed E-state index contributed by atoms with van der Waals surface area (Å²) in [5, 5.41) is 18.7. The minimum Gasteiger partial charge on any atom is -0.351 e. The zero-order chi connectivity index (χ0) is 24.1. The van der Waals surface area contributed by atoms with Gasteiger partial charge in [0.1, 0.15) is 11.7 Å². The lowest BCUT2D eigenvalue weighted by Crippen LogP contribution is -2.26. The highest BCUT2D eigenvalue weighted by Gasteiger charge is 2.11. The number of hydrogen-bond donors (Lipinski definition) is 1. The van der Waals surface area contributed by atoms with Gasteiger partial charge in [-0.25, -0.2) is 9.67 Å². The van der Waals surface area contributed by atoms with Crippen LogP contribution in [0.4, 0.5) is 5.69 Å². The molecule has 172 valence electrons. The number of aromatic nitrogens is 4. The van der Waals surface area contributed by atoms with E-state index in [-0.39, 0.29) is 30.2 Å². The molecule has 2 aromatic heterocycles. The topological polar surface area (TPSA) is 125 Å². The van der Waals surface area contributed by atoms with Crippen LogP contribution in [0.3, 0.4) is 0 Å². The quantitative estimate of drug-likeness (QED) is 0.236. The average Bonchev–Trinajstić information content (AvgIpc) is 3.24. The number of nitro benzene ring substituents is 1. The lowest BCUT2D eigenvalue weighted by molar-refractivity contribution is -0.384. The molecule has 0 fully saturated rings. The Labute approximate surface area is 198 Å². The first-order valence-corrected chi connectivity index (χ1v) is 10.6. The molecule has 0 atom stereocenters. The number of amides is 1. The maximum atomic E-state index is 12.8. The molecule has 11 heteroatoms. The van der Waals surface area contributed by atoms with E-state index >= 15 is 0 Å². The minimum absolute atomic E-state index is 0.0163. The lowest BCUT2D eigenvalue weighted by atomic mass is 10.2. The highest BCUT2D eigenvalue weighted by atomic mass is 35.5. The summed E-state index contributed by atoms with van der Waals surface area (Å²) in [4.78, 5) is 39.5. The van der Waals surface area contributed by atoms with Gasteiger partial charge in [-0.2, -0.15) is 5.10 Å². The fourth-order valence-electron chi connectivity index (χ4n) is 3.31. The number of nitrogens with one attached hydrogen (secondary N) is 1. The summed E-state index contributed by atoms with van der Waals surface area (Å²) in [5.74, 6) is -0.283. The van der Waals surface area contributed by atoms with Gasteiger partial charge < -0.3 is 5.32 Å². The molecule has 34 heavy (non-hydrogen) atoms. The van der Waals surface area contributed by atoms with Crippen molar-refractivity contribution >= 4 is 40.3 Å². The molecule has 0 radical (unpaired) electrons. The summed E-state index contributed by atoms with van der Waals surface area (Å²) in [6, 6.07) is 13.2. The van der Waals surface area contributed by atoms with Crippen LogP contribution in [0.15, 0.2) is 71.9 Å². The number of carbonyl (C=O) groups is 1. The monoisotopic (exact) mass is 478 g/mol. The smallest absolute Gasteiger partial charge is 0.269 e. The summed E-state index contributed by atoms with van der Waals surface area (Å²) in [6.45, 7) is 0.836. The Bertz CT molecular complexity index is 1440. The molecule has 0 aliphatic rings. The molecule has 0 bridgehead atoms. The van der Waals surface area contributed by atoms with Crippen molar-refractivity contribution in [2.75, 3.05) is 6.54 Å². The Hall–Kier alpha value is -4.31. The van der Waals surface area contributed by atoms with Gasteiger partial charge in [0.25, 0.3) is 11.2 Å². The van der Waals surface area contributed by atoms with E-state index in [0.29, 0.717) is 22.6 Å². The molecule has 2 heterocycles. The van der Waals surface area contributed by atoms with E-state index in [1.807, 2.05) is 18.2 Å². The number of fused-ring (bicyclic) bond motifs is 1. The summed E-state index contributed by atoms with van der Waals surface area (Å²) in [6.07, 6.45) is 5.89. The second-order valence-electron chi connectivity index (χ2n) is 7.35. The summed E-state index contributed by atoms with van der Waals surface area (Å²) >= 11 is 6.07. The third kappa shape index (κ3) is 5.18. The van der Waals surface area contributed by atoms with E-state index in [2.05, 4.69) is 15.4 Å². The lowest BCUT2D eigenvalue weighted by Gasteiger charge is -2.07. The predicted octanol–water partition coefficient (Wildman–Crippen LogP) is 3.03. The fraction of sp³-hybridized carbons (Fsp3) is 0.130. The molecule has 4 aromatic rings. The van der Waals surface area contributed by atoms with Crippen LogP contribution in [0.1, 0.15) is 11.1 Å². The second kappa shape index (κ2) is 10.1. The number of carbonyl (C=O) groups excluding carboxylic acids is 1. The molecular formula is C23H19ClN6O4. The van der Waals surface area contributed by atoms with Gasteiger partial charge in [-0.1, -0.05) is 41.9 Å². The van der Waals surface area contributed by atoms with Gasteiger partial charge in [-0.05, 0) is 23.3 Å². The van der Waals surface area contributed by atoms with Crippen molar-refractivity contribution in [2.45, 2.75) is 13.1 Å². The number of halogens is 1. The van der Waals surface area contributed by atoms with Gasteiger partial charge in [0.15, 0.2) is 5.65 Å². The van der Waals surface area contributed by atoms with Gasteiger partial charge in [-0.3, -0.25) is 24.3 Å². The third-order valence-corrected chi connectivity index (χ3v) is 5.41. The molecular weight excluding hydrogens is 460 g/mol. The first-order valence-electron chi connectivity index (χ1n) is 10.3. The van der Waals surface area contributed by atoms with Crippen LogP contribution in [0.2, 0.25) is 5.02 Å². The van der Waals surface area contributed by atoms with Gasteiger partial charge in [0.2, 0.25) is 5.91 Å². The largest absolute Gasteiger partial charge is 0.351 e. The molecule has 0 saturated heterocycles. The Morgan fingerprint density at radius 3 is 2.68 bits per heavy atom. The molecule has 1 amide bonds. The molecule has 0 aliphatic heterocycles. The average molecular weight is 479 g/mol. The Kier molecular flexibility index (Phi) is 6.79. The number of rotatable bonds is 8. The Morgan fingerprint density at radius 2 is 1.94 bits per heavy atom. The molecule has 4 rings (SSSR count). The normalized spacial score (nSPS) is 11.2. The van der Waals surface area contributed by atoms with Gasteiger partial charge in [-0.15, -0.1) is 0 Å². The van der Waals surface area contributed by atoms with Gasteiger partial charge in [0.05, 0.1) is 24.2 Å². The van der Waals surface area contributed by atoms with E-state index in [9.17, 15) is 19.7 Å². The molecule has 10 nitrogen and oxygen atoms in total. The van der Waals surface area contributed by atoms with Crippen LogP contribution in [-0.4, -0.2) is 36.7 Å². The second-order valence-corrected chi connectivity index (χ2v) is 7.76. The van der Waals surface area contributed by atoms with Crippen molar-refractivity contribution in [1.82, 2.24) is 24.6 Å². The number of non-ortho nitro benzene ring substituents is 1. The summed E-state index contributed by atoms with van der Waals surface area (Å²) in [5.41, 5.74) is 1.59. The van der Waals surface area contributed by atoms with E-state index in [0.717, 1.165) is 11.1 Å². The SMILES string of the molecule is O=C(/C=C/c1ccccc1Cl)NCCn1ncc2c(=O)n(Cc3ccc([N+](=O)[O-])cc3)cnc21. The molecule has 0 saturated carbocycles. The van der Waals surface area contributed by atoms with E-state index in [1.54, 1.807) is 29.0 Å². The van der Waals surface area contributed by atoms with Crippen molar-refractivity contribution in [3.63, 3.8) is 0 Å². The standard InChI is InChI=1S/C23H19ClN6O4/c24-20-4-2-1-3-17(20)7-10-21(31)25-11-12-29-22-19(13-27-29)23(32)28(15-26-22)14-16-5-8-18(9-6-16)30(33)34/h1-10,13,15H,11-12,14H2,(H,25,31)/b10-7+. The van der Waals surface area contributed by atoms with Crippen LogP contribution in [0, 0.1) is 10.1 Å².